The van der Waals surface area contributed by atoms with Crippen LogP contribution in [-0.4, -0.2) is 75.2 Å². The summed E-state index contributed by atoms with van der Waals surface area (Å²) >= 11 is 0. The van der Waals surface area contributed by atoms with Crippen molar-refractivity contribution in [3.63, 3.8) is 0 Å². The highest BCUT2D eigenvalue weighted by molar-refractivity contribution is 4.58. The zero-order valence-electron chi connectivity index (χ0n) is 13.7. The predicted octanol–water partition coefficient (Wildman–Crippen LogP) is 1.24. The number of rotatable bonds is 14. The van der Waals surface area contributed by atoms with Gasteiger partial charge in [0.1, 0.15) is 0 Å². The van der Waals surface area contributed by atoms with Gasteiger partial charge in [-0.2, -0.15) is 0 Å². The van der Waals surface area contributed by atoms with E-state index in [4.69, 9.17) is 0 Å². The van der Waals surface area contributed by atoms with E-state index in [1.165, 1.54) is 19.5 Å². The first-order valence-corrected chi connectivity index (χ1v) is 8.14. The molecular formula is C15H36N4. The number of nitrogens with one attached hydrogen (secondary N) is 2. The van der Waals surface area contributed by atoms with Crippen molar-refractivity contribution in [2.24, 2.45) is 0 Å². The van der Waals surface area contributed by atoms with Crippen LogP contribution < -0.4 is 10.6 Å². The average Bonchev–Trinajstić information content (AvgIpc) is 2.45. The number of hydrogen-bond donors (Lipinski definition) is 2. The quantitative estimate of drug-likeness (QED) is 0.466. The second-order valence-corrected chi connectivity index (χ2v) is 4.91. The second-order valence-electron chi connectivity index (χ2n) is 4.91. The maximum atomic E-state index is 3.51. The molecule has 0 saturated heterocycles. The van der Waals surface area contributed by atoms with Gasteiger partial charge in [0.05, 0.1) is 0 Å². The van der Waals surface area contributed by atoms with Crippen LogP contribution in [0, 0.1) is 0 Å². The Kier molecular flexibility index (Phi) is 14.1. The molecule has 0 aromatic heterocycles. The van der Waals surface area contributed by atoms with E-state index in [0.717, 1.165) is 52.4 Å². The summed E-state index contributed by atoms with van der Waals surface area (Å²) in [5.74, 6) is 0. The molecule has 0 spiro atoms. The van der Waals surface area contributed by atoms with Crippen molar-refractivity contribution >= 4 is 0 Å². The van der Waals surface area contributed by atoms with E-state index in [0.29, 0.717) is 0 Å². The summed E-state index contributed by atoms with van der Waals surface area (Å²) in [7, 11) is 0. The lowest BCUT2D eigenvalue weighted by molar-refractivity contribution is 0.299. The zero-order valence-corrected chi connectivity index (χ0v) is 13.7. The largest absolute Gasteiger partial charge is 0.315 e. The van der Waals surface area contributed by atoms with E-state index in [2.05, 4.69) is 48.1 Å². The highest BCUT2D eigenvalue weighted by Crippen LogP contribution is 1.85. The Morgan fingerprint density at radius 1 is 0.579 bits per heavy atom. The van der Waals surface area contributed by atoms with Gasteiger partial charge in [0.15, 0.2) is 0 Å². The van der Waals surface area contributed by atoms with Crippen molar-refractivity contribution in [3.05, 3.63) is 0 Å². The molecule has 2 N–H and O–H groups in total. The molecule has 0 unspecified atom stereocenters. The van der Waals surface area contributed by atoms with Crippen molar-refractivity contribution in [2.45, 2.75) is 34.1 Å². The van der Waals surface area contributed by atoms with Gasteiger partial charge in [0, 0.05) is 26.2 Å². The van der Waals surface area contributed by atoms with Crippen LogP contribution in [0.3, 0.4) is 0 Å². The summed E-state index contributed by atoms with van der Waals surface area (Å²) < 4.78 is 0. The normalized spacial score (nSPS) is 11.7. The Bertz CT molecular complexity index is 150. The molecule has 0 aliphatic carbocycles. The lowest BCUT2D eigenvalue weighted by atomic mass is 10.4. The molecule has 0 aliphatic heterocycles. The molecule has 0 bridgehead atoms. The molecule has 0 aromatic rings. The monoisotopic (exact) mass is 272 g/mol. The third kappa shape index (κ3) is 11.4. The maximum Gasteiger partial charge on any atom is 0.0107 e. The minimum atomic E-state index is 1.11. The van der Waals surface area contributed by atoms with E-state index >= 15 is 0 Å². The molecule has 0 radical (unpaired) electrons. The van der Waals surface area contributed by atoms with E-state index in [-0.39, 0.29) is 0 Å². The summed E-state index contributed by atoms with van der Waals surface area (Å²) in [6, 6.07) is 0. The SMILES string of the molecule is CCN(CC)CCNCCCNCCN(CC)CC. The topological polar surface area (TPSA) is 30.5 Å². The first-order valence-electron chi connectivity index (χ1n) is 8.14. The van der Waals surface area contributed by atoms with Crippen molar-refractivity contribution < 1.29 is 0 Å². The molecule has 0 heterocycles. The summed E-state index contributed by atoms with van der Waals surface area (Å²) in [6.45, 7) is 20.3. The van der Waals surface area contributed by atoms with Crippen LogP contribution >= 0.6 is 0 Å². The van der Waals surface area contributed by atoms with E-state index in [1.807, 2.05) is 0 Å². The zero-order chi connectivity index (χ0) is 14.3. The first-order chi connectivity index (χ1) is 9.28. The minimum absolute atomic E-state index is 1.11. The molecule has 0 atom stereocenters. The van der Waals surface area contributed by atoms with Gasteiger partial charge in [-0.05, 0) is 45.7 Å². The van der Waals surface area contributed by atoms with Crippen LogP contribution in [0.5, 0.6) is 0 Å². The van der Waals surface area contributed by atoms with E-state index in [1.54, 1.807) is 0 Å². The third-order valence-electron chi connectivity index (χ3n) is 3.71. The molecule has 0 saturated carbocycles. The van der Waals surface area contributed by atoms with Gasteiger partial charge in [-0.1, -0.05) is 27.7 Å². The van der Waals surface area contributed by atoms with Crippen LogP contribution in [0.25, 0.3) is 0 Å². The Balaban J connectivity index is 3.19. The molecular weight excluding hydrogens is 236 g/mol. The Morgan fingerprint density at radius 2 is 0.947 bits per heavy atom. The Morgan fingerprint density at radius 3 is 1.26 bits per heavy atom. The van der Waals surface area contributed by atoms with Gasteiger partial charge < -0.3 is 20.4 Å². The summed E-state index contributed by atoms with van der Waals surface area (Å²) in [5, 5.41) is 7.03. The fraction of sp³-hybridized carbons (Fsp3) is 1.00. The second kappa shape index (κ2) is 14.3. The Hall–Kier alpha value is -0.160. The van der Waals surface area contributed by atoms with Crippen LogP contribution in [0.4, 0.5) is 0 Å². The van der Waals surface area contributed by atoms with Crippen molar-refractivity contribution in [1.29, 1.82) is 0 Å². The number of nitrogens with zero attached hydrogens (tertiary/aromatic N) is 2. The van der Waals surface area contributed by atoms with Gasteiger partial charge in [-0.25, -0.2) is 0 Å². The molecule has 19 heavy (non-hydrogen) atoms. The smallest absolute Gasteiger partial charge is 0.0107 e. The van der Waals surface area contributed by atoms with Gasteiger partial charge in [-0.15, -0.1) is 0 Å². The number of hydrogen-bond acceptors (Lipinski definition) is 4. The highest BCUT2D eigenvalue weighted by Gasteiger charge is 1.98. The van der Waals surface area contributed by atoms with Crippen LogP contribution in [-0.2, 0) is 0 Å². The van der Waals surface area contributed by atoms with Crippen molar-refractivity contribution in [2.75, 3.05) is 65.4 Å². The van der Waals surface area contributed by atoms with Crippen LogP contribution in [0.15, 0.2) is 0 Å². The molecule has 0 rings (SSSR count). The molecule has 4 heteroatoms. The van der Waals surface area contributed by atoms with Gasteiger partial charge in [0.2, 0.25) is 0 Å². The summed E-state index contributed by atoms with van der Waals surface area (Å²) in [6.07, 6.45) is 1.22. The Labute approximate surface area is 120 Å². The highest BCUT2D eigenvalue weighted by atomic mass is 15.1. The summed E-state index contributed by atoms with van der Waals surface area (Å²) in [4.78, 5) is 4.91. The van der Waals surface area contributed by atoms with E-state index in [9.17, 15) is 0 Å². The average molecular weight is 272 g/mol. The third-order valence-corrected chi connectivity index (χ3v) is 3.71. The van der Waals surface area contributed by atoms with Gasteiger partial charge >= 0.3 is 0 Å². The predicted molar refractivity (Wildman–Crippen MR) is 85.9 cm³/mol. The molecule has 116 valence electrons. The fourth-order valence-corrected chi connectivity index (χ4v) is 2.14. The molecule has 0 aromatic carbocycles. The number of likely N-dealkylation sites (N-methyl/N-ethyl adjacent to an activating group) is 2. The fourth-order valence-electron chi connectivity index (χ4n) is 2.14. The van der Waals surface area contributed by atoms with Crippen LogP contribution in [0.1, 0.15) is 34.1 Å². The van der Waals surface area contributed by atoms with Crippen LogP contribution in [0.2, 0.25) is 0 Å². The van der Waals surface area contributed by atoms with Gasteiger partial charge in [0.25, 0.3) is 0 Å². The lowest BCUT2D eigenvalue weighted by Crippen LogP contribution is -2.34. The lowest BCUT2D eigenvalue weighted by Gasteiger charge is -2.18. The first kappa shape index (κ1) is 18.8. The van der Waals surface area contributed by atoms with Gasteiger partial charge in [-0.3, -0.25) is 0 Å². The maximum absolute atomic E-state index is 3.51. The van der Waals surface area contributed by atoms with Crippen molar-refractivity contribution in [1.82, 2.24) is 20.4 Å². The molecule has 0 aliphatic rings. The standard InChI is InChI=1S/C15H36N4/c1-5-18(6-2)14-12-16-10-9-11-17-13-15-19(7-3)8-4/h16-17H,5-15H2,1-4H3. The van der Waals surface area contributed by atoms with Crippen molar-refractivity contribution in [3.8, 4) is 0 Å². The molecule has 0 fully saturated rings. The minimum Gasteiger partial charge on any atom is -0.315 e. The van der Waals surface area contributed by atoms with E-state index < -0.39 is 0 Å². The summed E-state index contributed by atoms with van der Waals surface area (Å²) in [5.41, 5.74) is 0. The molecule has 0 amide bonds. The molecule has 4 nitrogen and oxygen atoms in total.